The molecule has 5 rings (SSSR count). The third-order valence-electron chi connectivity index (χ3n) is 6.23. The van der Waals surface area contributed by atoms with Gasteiger partial charge in [0.1, 0.15) is 5.92 Å². The number of rotatable bonds is 4. The monoisotopic (exact) mass is 427 g/mol. The normalized spacial score (nSPS) is 22.4. The first-order valence-corrected chi connectivity index (χ1v) is 10.7. The Morgan fingerprint density at radius 1 is 0.812 bits per heavy atom. The van der Waals surface area contributed by atoms with Crippen LogP contribution in [0, 0.1) is 12.8 Å². The van der Waals surface area contributed by atoms with Crippen LogP contribution in [0.3, 0.4) is 0 Å². The Bertz CT molecular complexity index is 1160. The number of fused-ring (bicyclic) bond motifs is 1. The molecule has 32 heavy (non-hydrogen) atoms. The van der Waals surface area contributed by atoms with E-state index >= 15 is 0 Å². The van der Waals surface area contributed by atoms with Crippen molar-refractivity contribution in [2.24, 2.45) is 5.92 Å². The maximum atomic E-state index is 13.6. The summed E-state index contributed by atoms with van der Waals surface area (Å²) in [5.74, 6) is -1.19. The molecule has 2 amide bonds. The molecule has 3 atom stereocenters. The lowest BCUT2D eigenvalue weighted by Crippen LogP contribution is -2.37. The first-order valence-electron chi connectivity index (χ1n) is 10.7. The fourth-order valence-corrected chi connectivity index (χ4v) is 4.57. The second kappa shape index (κ2) is 7.80. The molecule has 2 heterocycles. The molecule has 2 aliphatic rings. The predicted octanol–water partition coefficient (Wildman–Crippen LogP) is 4.11. The molecule has 0 unspecified atom stereocenters. The van der Waals surface area contributed by atoms with Crippen LogP contribution >= 0.6 is 0 Å². The van der Waals surface area contributed by atoms with Crippen LogP contribution in [0.4, 0.5) is 17.1 Å². The number of para-hydroxylation sites is 2. The quantitative estimate of drug-likeness (QED) is 0.587. The molecule has 0 aromatic heterocycles. The molecule has 6 heteroatoms. The van der Waals surface area contributed by atoms with Gasteiger partial charge in [-0.15, -0.1) is 0 Å². The molecule has 0 aliphatic carbocycles. The Balaban J connectivity index is 1.59. The number of hydrogen-bond donors (Lipinski definition) is 0. The zero-order valence-corrected chi connectivity index (χ0v) is 18.3. The van der Waals surface area contributed by atoms with Crippen molar-refractivity contribution < 1.29 is 14.4 Å². The van der Waals surface area contributed by atoms with Gasteiger partial charge in [0.15, 0.2) is 6.10 Å². The summed E-state index contributed by atoms with van der Waals surface area (Å²) in [4.78, 5) is 36.5. The van der Waals surface area contributed by atoms with E-state index in [0.29, 0.717) is 5.69 Å². The highest BCUT2D eigenvalue weighted by molar-refractivity contribution is 6.23. The lowest BCUT2D eigenvalue weighted by atomic mass is 9.90. The number of carbonyl (C=O) groups excluding carboxylic acids is 2. The number of hydrogen-bond acceptors (Lipinski definition) is 5. The molecular formula is C26H25N3O3. The summed E-state index contributed by atoms with van der Waals surface area (Å²) in [6.45, 7) is 2.00. The van der Waals surface area contributed by atoms with Crippen LogP contribution in [0.25, 0.3) is 0 Å². The van der Waals surface area contributed by atoms with Crippen molar-refractivity contribution in [2.45, 2.75) is 19.1 Å². The molecular weight excluding hydrogens is 402 g/mol. The van der Waals surface area contributed by atoms with E-state index in [1.54, 1.807) is 17.2 Å². The number of hydroxylamine groups is 1. The van der Waals surface area contributed by atoms with E-state index in [4.69, 9.17) is 4.84 Å². The van der Waals surface area contributed by atoms with Gasteiger partial charge in [0.25, 0.3) is 5.91 Å². The van der Waals surface area contributed by atoms with Crippen molar-refractivity contribution in [3.05, 3.63) is 90.0 Å². The van der Waals surface area contributed by atoms with Crippen molar-refractivity contribution >= 4 is 28.9 Å². The Labute approximate surface area is 187 Å². The van der Waals surface area contributed by atoms with Gasteiger partial charge in [0.2, 0.25) is 5.91 Å². The topological polar surface area (TPSA) is 53.1 Å². The number of imide groups is 1. The van der Waals surface area contributed by atoms with Crippen LogP contribution in [0.1, 0.15) is 17.2 Å². The molecule has 6 nitrogen and oxygen atoms in total. The lowest BCUT2D eigenvalue weighted by Gasteiger charge is -2.30. The molecule has 0 radical (unpaired) electrons. The highest BCUT2D eigenvalue weighted by atomic mass is 16.7. The smallest absolute Gasteiger partial charge is 0.266 e. The van der Waals surface area contributed by atoms with E-state index < -0.39 is 18.1 Å². The number of nitrogens with zero attached hydrogens (tertiary/aromatic N) is 3. The van der Waals surface area contributed by atoms with Crippen molar-refractivity contribution in [1.82, 2.24) is 0 Å². The molecule has 3 aromatic rings. The maximum absolute atomic E-state index is 13.6. The van der Waals surface area contributed by atoms with Crippen LogP contribution in [-0.2, 0) is 14.4 Å². The van der Waals surface area contributed by atoms with E-state index in [-0.39, 0.29) is 11.8 Å². The van der Waals surface area contributed by atoms with Gasteiger partial charge in [0, 0.05) is 19.8 Å². The SMILES string of the molecule is Cc1ccccc1N1O[C@H]2C(=O)N(c3ccccc3)C(=O)[C@@H]2[C@@H]1c1ccc(N(C)C)cc1. The summed E-state index contributed by atoms with van der Waals surface area (Å²) < 4.78 is 0. The minimum atomic E-state index is -0.860. The second-order valence-corrected chi connectivity index (χ2v) is 8.44. The third-order valence-corrected chi connectivity index (χ3v) is 6.23. The van der Waals surface area contributed by atoms with Gasteiger partial charge in [-0.3, -0.25) is 14.4 Å². The summed E-state index contributed by atoms with van der Waals surface area (Å²) in [5, 5.41) is 1.76. The van der Waals surface area contributed by atoms with Gasteiger partial charge < -0.3 is 4.90 Å². The van der Waals surface area contributed by atoms with Crippen molar-refractivity contribution in [3.8, 4) is 0 Å². The van der Waals surface area contributed by atoms with E-state index in [9.17, 15) is 9.59 Å². The molecule has 0 bridgehead atoms. The minimum absolute atomic E-state index is 0.232. The van der Waals surface area contributed by atoms with E-state index in [2.05, 4.69) is 0 Å². The molecule has 0 spiro atoms. The Kier molecular flexibility index (Phi) is 4.94. The summed E-state index contributed by atoms with van der Waals surface area (Å²) in [6, 6.07) is 24.6. The molecule has 2 fully saturated rings. The summed E-state index contributed by atoms with van der Waals surface area (Å²) in [7, 11) is 3.97. The predicted molar refractivity (Wildman–Crippen MR) is 124 cm³/mol. The van der Waals surface area contributed by atoms with Crippen molar-refractivity contribution in [3.63, 3.8) is 0 Å². The number of benzene rings is 3. The Hall–Kier alpha value is -3.64. The first-order chi connectivity index (χ1) is 15.5. The molecule has 162 valence electrons. The van der Waals surface area contributed by atoms with Gasteiger partial charge >= 0.3 is 0 Å². The van der Waals surface area contributed by atoms with Gasteiger partial charge in [-0.1, -0.05) is 48.5 Å². The standard InChI is InChI=1S/C26H25N3O3/c1-17-9-7-8-12-21(17)29-23(18-13-15-19(16-14-18)27(2)3)22-24(32-29)26(31)28(25(22)30)20-10-5-4-6-11-20/h4-16,22-24H,1-3H3/t22-,23+,24-/m1/s1. The highest BCUT2D eigenvalue weighted by Crippen LogP contribution is 2.48. The maximum Gasteiger partial charge on any atom is 0.266 e. The number of amides is 2. The summed E-state index contributed by atoms with van der Waals surface area (Å²) in [6.07, 6.45) is -0.860. The van der Waals surface area contributed by atoms with Crippen LogP contribution in [-0.4, -0.2) is 32.0 Å². The average molecular weight is 428 g/mol. The van der Waals surface area contributed by atoms with Gasteiger partial charge in [-0.25, -0.2) is 9.96 Å². The molecule has 3 aromatic carbocycles. The summed E-state index contributed by atoms with van der Waals surface area (Å²) in [5.41, 5.74) is 4.44. The average Bonchev–Trinajstić information content (AvgIpc) is 3.30. The minimum Gasteiger partial charge on any atom is -0.378 e. The zero-order chi connectivity index (χ0) is 22.4. The fourth-order valence-electron chi connectivity index (χ4n) is 4.57. The van der Waals surface area contributed by atoms with Crippen LogP contribution in [0.5, 0.6) is 0 Å². The fraction of sp³-hybridized carbons (Fsp3) is 0.231. The van der Waals surface area contributed by atoms with E-state index in [1.807, 2.05) is 92.6 Å². The number of carbonyl (C=O) groups is 2. The zero-order valence-electron chi connectivity index (χ0n) is 18.3. The second-order valence-electron chi connectivity index (χ2n) is 8.44. The van der Waals surface area contributed by atoms with E-state index in [0.717, 1.165) is 22.5 Å². The van der Waals surface area contributed by atoms with Crippen molar-refractivity contribution in [1.29, 1.82) is 0 Å². The van der Waals surface area contributed by atoms with Gasteiger partial charge in [-0.2, -0.15) is 0 Å². The first kappa shape index (κ1) is 20.3. The number of anilines is 3. The third kappa shape index (κ3) is 3.15. The lowest BCUT2D eigenvalue weighted by molar-refractivity contribution is -0.126. The Morgan fingerprint density at radius 2 is 1.47 bits per heavy atom. The van der Waals surface area contributed by atoms with E-state index in [1.165, 1.54) is 4.90 Å². The highest BCUT2D eigenvalue weighted by Gasteiger charge is 2.60. The molecule has 2 aliphatic heterocycles. The van der Waals surface area contributed by atoms with Crippen LogP contribution in [0.15, 0.2) is 78.9 Å². The molecule has 0 N–H and O–H groups in total. The van der Waals surface area contributed by atoms with Gasteiger partial charge in [-0.05, 0) is 48.4 Å². The summed E-state index contributed by atoms with van der Waals surface area (Å²) >= 11 is 0. The Morgan fingerprint density at radius 3 is 2.12 bits per heavy atom. The van der Waals surface area contributed by atoms with Crippen molar-refractivity contribution in [2.75, 3.05) is 29.0 Å². The molecule has 2 saturated heterocycles. The number of aryl methyl sites for hydroxylation is 1. The van der Waals surface area contributed by atoms with Crippen LogP contribution < -0.4 is 14.9 Å². The largest absolute Gasteiger partial charge is 0.378 e. The molecule has 0 saturated carbocycles. The van der Waals surface area contributed by atoms with Gasteiger partial charge in [0.05, 0.1) is 17.4 Å². The van der Waals surface area contributed by atoms with Crippen LogP contribution in [0.2, 0.25) is 0 Å².